The summed E-state index contributed by atoms with van der Waals surface area (Å²) in [5.74, 6) is 0.535. The molecule has 0 saturated carbocycles. The van der Waals surface area contributed by atoms with Gasteiger partial charge in [0.1, 0.15) is 5.69 Å². The van der Waals surface area contributed by atoms with Gasteiger partial charge in [-0.25, -0.2) is 9.97 Å². The van der Waals surface area contributed by atoms with Crippen molar-refractivity contribution in [1.29, 1.82) is 0 Å². The second-order valence-electron chi connectivity index (χ2n) is 5.91. The highest BCUT2D eigenvalue weighted by atomic mass is 16.2. The predicted octanol–water partition coefficient (Wildman–Crippen LogP) is 2.31. The molecule has 1 aromatic carbocycles. The van der Waals surface area contributed by atoms with Gasteiger partial charge in [0.25, 0.3) is 5.91 Å². The van der Waals surface area contributed by atoms with Crippen molar-refractivity contribution in [1.82, 2.24) is 19.8 Å². The number of likely N-dealkylation sites (tertiary alicyclic amines) is 1. The van der Waals surface area contributed by atoms with Crippen molar-refractivity contribution in [2.45, 2.75) is 12.8 Å². The van der Waals surface area contributed by atoms with E-state index in [4.69, 9.17) is 0 Å². The van der Waals surface area contributed by atoms with Crippen LogP contribution in [0.3, 0.4) is 0 Å². The Balaban J connectivity index is 1.67. The summed E-state index contributed by atoms with van der Waals surface area (Å²) in [5.41, 5.74) is 1.37. The van der Waals surface area contributed by atoms with Crippen molar-refractivity contribution in [2.75, 3.05) is 33.2 Å². The molecule has 0 spiro atoms. The van der Waals surface area contributed by atoms with Gasteiger partial charge in [-0.3, -0.25) is 4.79 Å². The Morgan fingerprint density at radius 1 is 1.17 bits per heavy atom. The van der Waals surface area contributed by atoms with Gasteiger partial charge in [0.05, 0.1) is 0 Å². The van der Waals surface area contributed by atoms with Crippen molar-refractivity contribution >= 4 is 5.91 Å². The van der Waals surface area contributed by atoms with E-state index in [-0.39, 0.29) is 5.91 Å². The van der Waals surface area contributed by atoms with Gasteiger partial charge in [-0.1, -0.05) is 30.3 Å². The number of benzene rings is 1. The highest BCUT2D eigenvalue weighted by Crippen LogP contribution is 2.14. The Labute approximate surface area is 137 Å². The molecular formula is C18H22N4O. The topological polar surface area (TPSA) is 49.3 Å². The lowest BCUT2D eigenvalue weighted by Crippen LogP contribution is -2.35. The average molecular weight is 310 g/mol. The maximum atomic E-state index is 12.6. The van der Waals surface area contributed by atoms with Crippen molar-refractivity contribution < 1.29 is 4.79 Å². The summed E-state index contributed by atoms with van der Waals surface area (Å²) >= 11 is 0. The number of carbonyl (C=O) groups excluding carboxylic acids is 1. The number of hydrogen-bond donors (Lipinski definition) is 0. The molecule has 0 atom stereocenters. The largest absolute Gasteiger partial charge is 0.339 e. The first-order valence-corrected chi connectivity index (χ1v) is 8.10. The molecule has 1 amide bonds. The molecule has 0 bridgehead atoms. The maximum absolute atomic E-state index is 12.6. The Bertz CT molecular complexity index is 653. The van der Waals surface area contributed by atoms with E-state index in [1.807, 2.05) is 37.4 Å². The van der Waals surface area contributed by atoms with Crippen LogP contribution in [-0.4, -0.2) is 58.9 Å². The van der Waals surface area contributed by atoms with Gasteiger partial charge in [-0.15, -0.1) is 0 Å². The lowest BCUT2D eigenvalue weighted by molar-refractivity contribution is 0.0776. The normalized spacial score (nSPS) is 14.8. The Hall–Kier alpha value is -2.27. The second-order valence-corrected chi connectivity index (χ2v) is 5.91. The van der Waals surface area contributed by atoms with Crippen LogP contribution in [0, 0.1) is 0 Å². The Morgan fingerprint density at radius 3 is 2.65 bits per heavy atom. The SMILES string of the molecule is CN(CCN1CCCC1)C(=O)c1ccnc(-c2ccccc2)n1. The van der Waals surface area contributed by atoms with Gasteiger partial charge in [0.15, 0.2) is 5.82 Å². The first-order chi connectivity index (χ1) is 11.2. The number of nitrogens with zero attached hydrogens (tertiary/aromatic N) is 4. The molecule has 1 saturated heterocycles. The quantitative estimate of drug-likeness (QED) is 0.850. The molecule has 1 aromatic heterocycles. The van der Waals surface area contributed by atoms with Crippen molar-refractivity contribution in [3.05, 3.63) is 48.3 Å². The van der Waals surface area contributed by atoms with E-state index >= 15 is 0 Å². The van der Waals surface area contributed by atoms with Gasteiger partial charge in [-0.2, -0.15) is 0 Å². The molecule has 23 heavy (non-hydrogen) atoms. The van der Waals surface area contributed by atoms with Crippen LogP contribution < -0.4 is 0 Å². The van der Waals surface area contributed by atoms with Crippen LogP contribution in [0.15, 0.2) is 42.6 Å². The first kappa shape index (κ1) is 15.6. The standard InChI is InChI=1S/C18H22N4O/c1-21(13-14-22-11-5-6-12-22)18(23)16-9-10-19-17(20-16)15-7-3-2-4-8-15/h2-4,7-10H,5-6,11-14H2,1H3. The molecule has 0 N–H and O–H groups in total. The summed E-state index contributed by atoms with van der Waals surface area (Å²) in [6, 6.07) is 11.4. The number of aromatic nitrogens is 2. The molecule has 1 fully saturated rings. The number of amides is 1. The van der Waals surface area contributed by atoms with Crippen LogP contribution in [-0.2, 0) is 0 Å². The molecule has 120 valence electrons. The fraction of sp³-hybridized carbons (Fsp3) is 0.389. The third-order valence-corrected chi connectivity index (χ3v) is 4.20. The van der Waals surface area contributed by atoms with E-state index in [1.165, 1.54) is 12.8 Å². The molecule has 2 aromatic rings. The number of carbonyl (C=O) groups is 1. The van der Waals surface area contributed by atoms with E-state index in [1.54, 1.807) is 17.2 Å². The molecule has 0 unspecified atom stereocenters. The van der Waals surface area contributed by atoms with Crippen LogP contribution in [0.25, 0.3) is 11.4 Å². The van der Waals surface area contributed by atoms with Gasteiger partial charge < -0.3 is 9.80 Å². The van der Waals surface area contributed by atoms with Gasteiger partial charge in [-0.05, 0) is 32.0 Å². The summed E-state index contributed by atoms with van der Waals surface area (Å²) in [6.45, 7) is 3.95. The highest BCUT2D eigenvalue weighted by Gasteiger charge is 2.17. The molecule has 0 aliphatic carbocycles. The number of rotatable bonds is 5. The van der Waals surface area contributed by atoms with E-state index < -0.39 is 0 Å². The zero-order chi connectivity index (χ0) is 16.1. The van der Waals surface area contributed by atoms with Crippen LogP contribution >= 0.6 is 0 Å². The van der Waals surface area contributed by atoms with Gasteiger partial charge in [0, 0.05) is 31.9 Å². The van der Waals surface area contributed by atoms with Crippen LogP contribution in [0.1, 0.15) is 23.3 Å². The summed E-state index contributed by atoms with van der Waals surface area (Å²) in [7, 11) is 1.84. The minimum atomic E-state index is -0.0521. The molecular weight excluding hydrogens is 288 g/mol. The van der Waals surface area contributed by atoms with Crippen LogP contribution in [0.2, 0.25) is 0 Å². The van der Waals surface area contributed by atoms with E-state index in [9.17, 15) is 4.79 Å². The first-order valence-electron chi connectivity index (χ1n) is 8.10. The summed E-state index contributed by atoms with van der Waals surface area (Å²) in [6.07, 6.45) is 4.19. The molecule has 5 nitrogen and oxygen atoms in total. The molecule has 5 heteroatoms. The van der Waals surface area contributed by atoms with Crippen molar-refractivity contribution in [3.63, 3.8) is 0 Å². The minimum absolute atomic E-state index is 0.0521. The minimum Gasteiger partial charge on any atom is -0.339 e. The smallest absolute Gasteiger partial charge is 0.272 e. The third kappa shape index (κ3) is 3.93. The zero-order valence-electron chi connectivity index (χ0n) is 13.5. The Morgan fingerprint density at radius 2 is 1.91 bits per heavy atom. The van der Waals surface area contributed by atoms with E-state index in [0.717, 1.165) is 31.7 Å². The molecule has 3 rings (SSSR count). The zero-order valence-corrected chi connectivity index (χ0v) is 13.5. The fourth-order valence-corrected chi connectivity index (χ4v) is 2.80. The van der Waals surface area contributed by atoms with Crippen LogP contribution in [0.4, 0.5) is 0 Å². The molecule has 2 heterocycles. The lowest BCUT2D eigenvalue weighted by Gasteiger charge is -2.21. The molecule has 1 aliphatic rings. The summed E-state index contributed by atoms with van der Waals surface area (Å²) in [5, 5.41) is 0. The molecule has 0 radical (unpaired) electrons. The van der Waals surface area contributed by atoms with Crippen molar-refractivity contribution in [2.24, 2.45) is 0 Å². The summed E-state index contributed by atoms with van der Waals surface area (Å²) < 4.78 is 0. The fourth-order valence-electron chi connectivity index (χ4n) is 2.80. The number of likely N-dealkylation sites (N-methyl/N-ethyl adjacent to an activating group) is 1. The number of hydrogen-bond acceptors (Lipinski definition) is 4. The monoisotopic (exact) mass is 310 g/mol. The highest BCUT2D eigenvalue weighted by molar-refractivity contribution is 5.92. The predicted molar refractivity (Wildman–Crippen MR) is 90.1 cm³/mol. The second kappa shape index (κ2) is 7.33. The van der Waals surface area contributed by atoms with Crippen molar-refractivity contribution in [3.8, 4) is 11.4 Å². The van der Waals surface area contributed by atoms with Crippen LogP contribution in [0.5, 0.6) is 0 Å². The Kier molecular flexibility index (Phi) is 4.98. The van der Waals surface area contributed by atoms with E-state index in [2.05, 4.69) is 14.9 Å². The van der Waals surface area contributed by atoms with E-state index in [0.29, 0.717) is 11.5 Å². The van der Waals surface area contributed by atoms with Gasteiger partial charge in [0.2, 0.25) is 0 Å². The summed E-state index contributed by atoms with van der Waals surface area (Å²) in [4.78, 5) is 25.4. The third-order valence-electron chi connectivity index (χ3n) is 4.20. The lowest BCUT2D eigenvalue weighted by atomic mass is 10.2. The van der Waals surface area contributed by atoms with Gasteiger partial charge >= 0.3 is 0 Å². The maximum Gasteiger partial charge on any atom is 0.272 e. The molecule has 1 aliphatic heterocycles. The average Bonchev–Trinajstić information content (AvgIpc) is 3.13.